The van der Waals surface area contributed by atoms with Crippen LogP contribution in [0.4, 0.5) is 5.82 Å². The van der Waals surface area contributed by atoms with Gasteiger partial charge in [-0.2, -0.15) is 0 Å². The second kappa shape index (κ2) is 6.33. The number of anilines is 1. The SMILES string of the molecule is NC(=O)c1ccc(OCC(=O)Nc2ccccn2)cc1. The third kappa shape index (κ3) is 3.81. The Morgan fingerprint density at radius 3 is 2.50 bits per heavy atom. The quantitative estimate of drug-likeness (QED) is 0.854. The average Bonchev–Trinajstić information content (AvgIpc) is 2.46. The molecule has 0 spiro atoms. The van der Waals surface area contributed by atoms with Gasteiger partial charge < -0.3 is 15.8 Å². The summed E-state index contributed by atoms with van der Waals surface area (Å²) in [5, 5.41) is 2.59. The minimum atomic E-state index is -0.510. The Balaban J connectivity index is 1.85. The van der Waals surface area contributed by atoms with E-state index in [0.717, 1.165) is 0 Å². The van der Waals surface area contributed by atoms with Crippen molar-refractivity contribution in [2.45, 2.75) is 0 Å². The van der Waals surface area contributed by atoms with Gasteiger partial charge in [0.05, 0.1) is 0 Å². The summed E-state index contributed by atoms with van der Waals surface area (Å²) in [7, 11) is 0. The molecule has 6 nitrogen and oxygen atoms in total. The van der Waals surface area contributed by atoms with E-state index in [2.05, 4.69) is 10.3 Å². The minimum Gasteiger partial charge on any atom is -0.484 e. The number of nitrogens with one attached hydrogen (secondary N) is 1. The van der Waals surface area contributed by atoms with Crippen molar-refractivity contribution in [2.75, 3.05) is 11.9 Å². The second-order valence-electron chi connectivity index (χ2n) is 3.94. The van der Waals surface area contributed by atoms with Crippen LogP contribution in [0.3, 0.4) is 0 Å². The van der Waals surface area contributed by atoms with E-state index in [1.54, 1.807) is 36.5 Å². The Hall–Kier alpha value is -2.89. The maximum atomic E-state index is 11.6. The Morgan fingerprint density at radius 2 is 1.90 bits per heavy atom. The van der Waals surface area contributed by atoms with Crippen LogP contribution in [0.1, 0.15) is 10.4 Å². The summed E-state index contributed by atoms with van der Waals surface area (Å²) in [6.07, 6.45) is 1.58. The Morgan fingerprint density at radius 1 is 1.15 bits per heavy atom. The van der Waals surface area contributed by atoms with Crippen LogP contribution < -0.4 is 15.8 Å². The molecule has 1 heterocycles. The van der Waals surface area contributed by atoms with Crippen molar-refractivity contribution in [2.24, 2.45) is 5.73 Å². The Bertz CT molecular complexity index is 597. The van der Waals surface area contributed by atoms with Gasteiger partial charge in [0.25, 0.3) is 5.91 Å². The number of pyridine rings is 1. The number of carbonyl (C=O) groups is 2. The maximum absolute atomic E-state index is 11.6. The molecular formula is C14H13N3O3. The molecule has 2 rings (SSSR count). The van der Waals surface area contributed by atoms with Crippen molar-refractivity contribution in [3.63, 3.8) is 0 Å². The number of rotatable bonds is 5. The zero-order valence-electron chi connectivity index (χ0n) is 10.6. The predicted molar refractivity (Wildman–Crippen MR) is 73.3 cm³/mol. The molecule has 1 aromatic carbocycles. The molecule has 0 saturated heterocycles. The van der Waals surface area contributed by atoms with E-state index in [9.17, 15) is 9.59 Å². The van der Waals surface area contributed by atoms with Crippen LogP contribution >= 0.6 is 0 Å². The first-order valence-electron chi connectivity index (χ1n) is 5.89. The van der Waals surface area contributed by atoms with Crippen molar-refractivity contribution < 1.29 is 14.3 Å². The van der Waals surface area contributed by atoms with E-state index in [1.165, 1.54) is 12.1 Å². The highest BCUT2D eigenvalue weighted by Crippen LogP contribution is 2.11. The fraction of sp³-hybridized carbons (Fsp3) is 0.0714. The monoisotopic (exact) mass is 271 g/mol. The number of aromatic nitrogens is 1. The van der Waals surface area contributed by atoms with Crippen molar-refractivity contribution in [3.05, 3.63) is 54.2 Å². The number of amides is 2. The summed E-state index contributed by atoms with van der Waals surface area (Å²) in [6.45, 7) is -0.146. The normalized spacial score (nSPS) is 9.80. The highest BCUT2D eigenvalue weighted by molar-refractivity contribution is 5.93. The molecule has 2 amide bonds. The third-order valence-electron chi connectivity index (χ3n) is 2.44. The topological polar surface area (TPSA) is 94.3 Å². The van der Waals surface area contributed by atoms with Gasteiger partial charge >= 0.3 is 0 Å². The number of ether oxygens (including phenoxy) is 1. The highest BCUT2D eigenvalue weighted by Gasteiger charge is 2.05. The Kier molecular flexibility index (Phi) is 4.28. The lowest BCUT2D eigenvalue weighted by Gasteiger charge is -2.07. The summed E-state index contributed by atoms with van der Waals surface area (Å²) in [4.78, 5) is 26.5. The molecule has 0 radical (unpaired) electrons. The van der Waals surface area contributed by atoms with E-state index in [-0.39, 0.29) is 12.5 Å². The molecule has 0 unspecified atom stereocenters. The summed E-state index contributed by atoms with van der Waals surface area (Å²) in [5.74, 6) is 0.114. The molecule has 0 aliphatic heterocycles. The van der Waals surface area contributed by atoms with Gasteiger partial charge in [-0.25, -0.2) is 4.98 Å². The van der Waals surface area contributed by atoms with Gasteiger partial charge in [-0.05, 0) is 36.4 Å². The summed E-state index contributed by atoms with van der Waals surface area (Å²) < 4.78 is 5.28. The van der Waals surface area contributed by atoms with Gasteiger partial charge in [-0.1, -0.05) is 6.07 Å². The number of primary amides is 1. The van der Waals surface area contributed by atoms with Gasteiger partial charge in [0, 0.05) is 11.8 Å². The van der Waals surface area contributed by atoms with Crippen molar-refractivity contribution in [3.8, 4) is 5.75 Å². The van der Waals surface area contributed by atoms with Gasteiger partial charge in [-0.3, -0.25) is 9.59 Å². The highest BCUT2D eigenvalue weighted by atomic mass is 16.5. The lowest BCUT2D eigenvalue weighted by atomic mass is 10.2. The Labute approximate surface area is 115 Å². The molecule has 20 heavy (non-hydrogen) atoms. The zero-order valence-corrected chi connectivity index (χ0v) is 10.6. The van der Waals surface area contributed by atoms with Gasteiger partial charge in [-0.15, -0.1) is 0 Å². The fourth-order valence-electron chi connectivity index (χ4n) is 1.48. The molecule has 102 valence electrons. The molecule has 2 aromatic rings. The van der Waals surface area contributed by atoms with E-state index in [1.807, 2.05) is 0 Å². The number of nitrogens with two attached hydrogens (primary N) is 1. The third-order valence-corrected chi connectivity index (χ3v) is 2.44. The molecule has 6 heteroatoms. The van der Waals surface area contributed by atoms with Crippen LogP contribution in [0.5, 0.6) is 5.75 Å². The fourth-order valence-corrected chi connectivity index (χ4v) is 1.48. The average molecular weight is 271 g/mol. The van der Waals surface area contributed by atoms with Crippen LogP contribution in [-0.4, -0.2) is 23.4 Å². The number of nitrogens with zero attached hydrogens (tertiary/aromatic N) is 1. The minimum absolute atomic E-state index is 0.146. The maximum Gasteiger partial charge on any atom is 0.263 e. The van der Waals surface area contributed by atoms with Gasteiger partial charge in [0.15, 0.2) is 6.61 Å². The lowest BCUT2D eigenvalue weighted by Crippen LogP contribution is -2.20. The second-order valence-corrected chi connectivity index (χ2v) is 3.94. The first kappa shape index (κ1) is 13.5. The standard InChI is InChI=1S/C14H13N3O3/c15-14(19)10-4-6-11(7-5-10)20-9-13(18)17-12-3-1-2-8-16-12/h1-8H,9H2,(H2,15,19)(H,16,17,18). The largest absolute Gasteiger partial charge is 0.484 e. The summed E-state index contributed by atoms with van der Waals surface area (Å²) in [6, 6.07) is 11.4. The molecule has 0 saturated carbocycles. The smallest absolute Gasteiger partial charge is 0.263 e. The molecule has 3 N–H and O–H groups in total. The predicted octanol–water partition coefficient (Wildman–Crippen LogP) is 1.20. The number of hydrogen-bond donors (Lipinski definition) is 2. The van der Waals surface area contributed by atoms with E-state index >= 15 is 0 Å². The first-order valence-corrected chi connectivity index (χ1v) is 5.89. The van der Waals surface area contributed by atoms with Crippen molar-refractivity contribution in [1.29, 1.82) is 0 Å². The molecule has 0 aliphatic rings. The van der Waals surface area contributed by atoms with Crippen molar-refractivity contribution >= 4 is 17.6 Å². The van der Waals surface area contributed by atoms with Gasteiger partial charge in [0.1, 0.15) is 11.6 Å². The van der Waals surface area contributed by atoms with Crippen LogP contribution in [0.25, 0.3) is 0 Å². The van der Waals surface area contributed by atoms with Gasteiger partial charge in [0.2, 0.25) is 5.91 Å². The van der Waals surface area contributed by atoms with E-state index in [0.29, 0.717) is 17.1 Å². The van der Waals surface area contributed by atoms with E-state index in [4.69, 9.17) is 10.5 Å². The van der Waals surface area contributed by atoms with Crippen molar-refractivity contribution in [1.82, 2.24) is 4.98 Å². The summed E-state index contributed by atoms with van der Waals surface area (Å²) in [5.41, 5.74) is 5.51. The number of carbonyl (C=O) groups excluding carboxylic acids is 2. The van der Waals surface area contributed by atoms with E-state index < -0.39 is 5.91 Å². The molecule has 0 atom stereocenters. The van der Waals surface area contributed by atoms with Crippen LogP contribution in [0, 0.1) is 0 Å². The lowest BCUT2D eigenvalue weighted by molar-refractivity contribution is -0.118. The summed E-state index contributed by atoms with van der Waals surface area (Å²) >= 11 is 0. The molecule has 1 aromatic heterocycles. The zero-order chi connectivity index (χ0) is 14.4. The van der Waals surface area contributed by atoms with Crippen LogP contribution in [-0.2, 0) is 4.79 Å². The van der Waals surface area contributed by atoms with Crippen LogP contribution in [0.2, 0.25) is 0 Å². The molecular weight excluding hydrogens is 258 g/mol. The first-order chi connectivity index (χ1) is 9.65. The number of benzene rings is 1. The molecule has 0 aliphatic carbocycles. The van der Waals surface area contributed by atoms with Crippen LogP contribution in [0.15, 0.2) is 48.7 Å². The molecule has 0 fully saturated rings. The molecule has 0 bridgehead atoms. The number of hydrogen-bond acceptors (Lipinski definition) is 4.